The standard InChI is InChI=1S/C14H32N4/c1-5-18(10-6-9-16(2)3)14(13-15)7-11-17(4)12-8-14/h5-13,15H2,1-4H3. The van der Waals surface area contributed by atoms with Crippen LogP contribution in [0.3, 0.4) is 0 Å². The normalized spacial score (nSPS) is 20.8. The monoisotopic (exact) mass is 256 g/mol. The molecule has 1 rings (SSSR count). The summed E-state index contributed by atoms with van der Waals surface area (Å²) < 4.78 is 0. The van der Waals surface area contributed by atoms with E-state index in [2.05, 4.69) is 42.8 Å². The van der Waals surface area contributed by atoms with Crippen molar-refractivity contribution in [3.8, 4) is 0 Å². The predicted octanol–water partition coefficient (Wildman–Crippen LogP) is 0.683. The molecule has 0 spiro atoms. The van der Waals surface area contributed by atoms with Gasteiger partial charge in [-0.3, -0.25) is 4.90 Å². The molecular formula is C14H32N4. The molecule has 0 atom stereocenters. The van der Waals surface area contributed by atoms with Crippen molar-refractivity contribution in [2.24, 2.45) is 5.73 Å². The Balaban J connectivity index is 2.54. The van der Waals surface area contributed by atoms with Crippen LogP contribution in [0.25, 0.3) is 0 Å². The first-order valence-corrected chi connectivity index (χ1v) is 7.32. The van der Waals surface area contributed by atoms with Gasteiger partial charge in [0.05, 0.1) is 0 Å². The van der Waals surface area contributed by atoms with Gasteiger partial charge in [0.2, 0.25) is 0 Å². The van der Waals surface area contributed by atoms with Crippen molar-refractivity contribution in [1.82, 2.24) is 14.7 Å². The Labute approximate surface area is 113 Å². The van der Waals surface area contributed by atoms with Gasteiger partial charge in [-0.05, 0) is 73.1 Å². The summed E-state index contributed by atoms with van der Waals surface area (Å²) in [6.07, 6.45) is 3.67. The zero-order chi connectivity index (χ0) is 13.6. The number of likely N-dealkylation sites (tertiary alicyclic amines) is 1. The highest BCUT2D eigenvalue weighted by molar-refractivity contribution is 4.95. The van der Waals surface area contributed by atoms with E-state index >= 15 is 0 Å². The van der Waals surface area contributed by atoms with E-state index in [1.54, 1.807) is 0 Å². The first-order valence-electron chi connectivity index (χ1n) is 7.32. The van der Waals surface area contributed by atoms with E-state index in [9.17, 15) is 0 Å². The van der Waals surface area contributed by atoms with Gasteiger partial charge in [-0.15, -0.1) is 0 Å². The lowest BCUT2D eigenvalue weighted by atomic mass is 9.85. The third-order valence-corrected chi connectivity index (χ3v) is 4.38. The minimum atomic E-state index is 0.258. The average molecular weight is 256 g/mol. The van der Waals surface area contributed by atoms with Crippen molar-refractivity contribution in [2.45, 2.75) is 31.7 Å². The van der Waals surface area contributed by atoms with Crippen LogP contribution in [0.5, 0.6) is 0 Å². The van der Waals surface area contributed by atoms with Gasteiger partial charge in [0.15, 0.2) is 0 Å². The minimum Gasteiger partial charge on any atom is -0.329 e. The van der Waals surface area contributed by atoms with Crippen molar-refractivity contribution in [2.75, 3.05) is 60.4 Å². The van der Waals surface area contributed by atoms with Crippen LogP contribution in [-0.2, 0) is 0 Å². The maximum Gasteiger partial charge on any atom is 0.0355 e. The number of likely N-dealkylation sites (N-methyl/N-ethyl adjacent to an activating group) is 1. The van der Waals surface area contributed by atoms with Crippen LogP contribution in [0.15, 0.2) is 0 Å². The molecule has 0 amide bonds. The zero-order valence-electron chi connectivity index (χ0n) is 12.8. The lowest BCUT2D eigenvalue weighted by Gasteiger charge is -2.47. The lowest BCUT2D eigenvalue weighted by Crippen LogP contribution is -2.59. The molecule has 2 N–H and O–H groups in total. The summed E-state index contributed by atoms with van der Waals surface area (Å²) in [5.74, 6) is 0. The van der Waals surface area contributed by atoms with Gasteiger partial charge in [0.25, 0.3) is 0 Å². The summed E-state index contributed by atoms with van der Waals surface area (Å²) in [7, 11) is 6.50. The number of nitrogens with two attached hydrogens (primary N) is 1. The van der Waals surface area contributed by atoms with Crippen LogP contribution >= 0.6 is 0 Å². The second kappa shape index (κ2) is 7.43. The van der Waals surface area contributed by atoms with Crippen LogP contribution in [0.4, 0.5) is 0 Å². The van der Waals surface area contributed by atoms with Gasteiger partial charge in [-0.2, -0.15) is 0 Å². The summed E-state index contributed by atoms with van der Waals surface area (Å²) in [4.78, 5) is 7.31. The summed E-state index contributed by atoms with van der Waals surface area (Å²) >= 11 is 0. The van der Waals surface area contributed by atoms with Gasteiger partial charge in [-0.25, -0.2) is 0 Å². The molecule has 0 unspecified atom stereocenters. The molecule has 1 aliphatic heterocycles. The van der Waals surface area contributed by atoms with Crippen LogP contribution in [0, 0.1) is 0 Å². The molecule has 0 aromatic carbocycles. The Bertz CT molecular complexity index is 222. The summed E-state index contributed by atoms with van der Waals surface area (Å²) in [5.41, 5.74) is 6.38. The quantitative estimate of drug-likeness (QED) is 0.727. The lowest BCUT2D eigenvalue weighted by molar-refractivity contribution is 0.0355. The average Bonchev–Trinajstić information content (AvgIpc) is 2.36. The van der Waals surface area contributed by atoms with Gasteiger partial charge in [-0.1, -0.05) is 6.92 Å². The van der Waals surface area contributed by atoms with Crippen molar-refractivity contribution >= 4 is 0 Å². The Kier molecular flexibility index (Phi) is 6.57. The highest BCUT2D eigenvalue weighted by Crippen LogP contribution is 2.27. The minimum absolute atomic E-state index is 0.258. The molecule has 1 heterocycles. The molecule has 1 fully saturated rings. The molecule has 18 heavy (non-hydrogen) atoms. The number of hydrogen-bond acceptors (Lipinski definition) is 4. The van der Waals surface area contributed by atoms with E-state index in [0.29, 0.717) is 0 Å². The maximum absolute atomic E-state index is 6.12. The molecular weight excluding hydrogens is 224 g/mol. The molecule has 4 heteroatoms. The first kappa shape index (κ1) is 15.9. The van der Waals surface area contributed by atoms with Crippen molar-refractivity contribution in [3.63, 3.8) is 0 Å². The molecule has 0 bridgehead atoms. The van der Waals surface area contributed by atoms with E-state index < -0.39 is 0 Å². The van der Waals surface area contributed by atoms with Crippen molar-refractivity contribution in [3.05, 3.63) is 0 Å². The molecule has 0 aromatic rings. The molecule has 0 aliphatic carbocycles. The van der Waals surface area contributed by atoms with Crippen LogP contribution in [0.2, 0.25) is 0 Å². The maximum atomic E-state index is 6.12. The smallest absolute Gasteiger partial charge is 0.0355 e. The van der Waals surface area contributed by atoms with Gasteiger partial charge in [0.1, 0.15) is 0 Å². The van der Waals surface area contributed by atoms with Gasteiger partial charge in [0, 0.05) is 12.1 Å². The summed E-state index contributed by atoms with van der Waals surface area (Å²) in [5, 5.41) is 0. The van der Waals surface area contributed by atoms with Crippen LogP contribution < -0.4 is 5.73 Å². The summed E-state index contributed by atoms with van der Waals surface area (Å²) in [6.45, 7) is 8.89. The Hall–Kier alpha value is -0.160. The molecule has 0 saturated carbocycles. The molecule has 1 saturated heterocycles. The fourth-order valence-corrected chi connectivity index (χ4v) is 2.99. The SMILES string of the molecule is CCN(CCCN(C)C)C1(CN)CCN(C)CC1. The Morgan fingerprint density at radius 1 is 1.17 bits per heavy atom. The number of nitrogens with zero attached hydrogens (tertiary/aromatic N) is 3. The third kappa shape index (κ3) is 4.19. The van der Waals surface area contributed by atoms with E-state index in [1.165, 1.54) is 38.9 Å². The third-order valence-electron chi connectivity index (χ3n) is 4.38. The molecule has 4 nitrogen and oxygen atoms in total. The Morgan fingerprint density at radius 2 is 1.78 bits per heavy atom. The number of rotatable bonds is 7. The highest BCUT2D eigenvalue weighted by atomic mass is 15.2. The van der Waals surface area contributed by atoms with E-state index in [1.807, 2.05) is 0 Å². The molecule has 1 aliphatic rings. The number of hydrogen-bond donors (Lipinski definition) is 1. The fourth-order valence-electron chi connectivity index (χ4n) is 2.99. The van der Waals surface area contributed by atoms with E-state index in [-0.39, 0.29) is 5.54 Å². The molecule has 108 valence electrons. The van der Waals surface area contributed by atoms with Crippen LogP contribution in [0.1, 0.15) is 26.2 Å². The van der Waals surface area contributed by atoms with Crippen molar-refractivity contribution < 1.29 is 0 Å². The van der Waals surface area contributed by atoms with E-state index in [0.717, 1.165) is 19.6 Å². The second-order valence-electron chi connectivity index (χ2n) is 5.97. The Morgan fingerprint density at radius 3 is 2.22 bits per heavy atom. The van der Waals surface area contributed by atoms with Gasteiger partial charge < -0.3 is 15.5 Å². The number of piperidine rings is 1. The summed E-state index contributed by atoms with van der Waals surface area (Å²) in [6, 6.07) is 0. The largest absolute Gasteiger partial charge is 0.329 e. The van der Waals surface area contributed by atoms with Gasteiger partial charge >= 0.3 is 0 Å². The molecule has 0 radical (unpaired) electrons. The fraction of sp³-hybridized carbons (Fsp3) is 1.00. The topological polar surface area (TPSA) is 35.7 Å². The van der Waals surface area contributed by atoms with E-state index in [4.69, 9.17) is 5.73 Å². The second-order valence-corrected chi connectivity index (χ2v) is 5.97. The predicted molar refractivity (Wildman–Crippen MR) is 78.9 cm³/mol. The first-order chi connectivity index (χ1) is 8.54. The molecule has 0 aromatic heterocycles. The van der Waals surface area contributed by atoms with Crippen LogP contribution in [-0.4, -0.2) is 80.7 Å². The van der Waals surface area contributed by atoms with Crippen molar-refractivity contribution in [1.29, 1.82) is 0 Å². The zero-order valence-corrected chi connectivity index (χ0v) is 12.8. The highest BCUT2D eigenvalue weighted by Gasteiger charge is 2.36.